The first kappa shape index (κ1) is 18.3. The summed E-state index contributed by atoms with van der Waals surface area (Å²) in [6, 6.07) is 10.7. The van der Waals surface area contributed by atoms with Crippen LogP contribution in [0.5, 0.6) is 0 Å². The van der Waals surface area contributed by atoms with E-state index in [0.29, 0.717) is 18.0 Å². The minimum absolute atomic E-state index is 0.0291. The van der Waals surface area contributed by atoms with Gasteiger partial charge in [0.15, 0.2) is 0 Å². The molecule has 2 heterocycles. The van der Waals surface area contributed by atoms with E-state index in [1.807, 2.05) is 4.90 Å². The maximum Gasteiger partial charge on any atom is 0.255 e. The Balaban J connectivity index is 1.31. The molecule has 3 aliphatic rings. The van der Waals surface area contributed by atoms with Crippen molar-refractivity contribution in [2.45, 2.75) is 55.9 Å². The fourth-order valence-corrected chi connectivity index (χ4v) is 5.16. The molecule has 1 aromatic heterocycles. The van der Waals surface area contributed by atoms with Crippen molar-refractivity contribution in [1.82, 2.24) is 20.4 Å². The summed E-state index contributed by atoms with van der Waals surface area (Å²) in [5.74, 6) is 0.486. The number of nitrogens with one attached hydrogen (secondary N) is 1. The molecule has 1 aromatic carbocycles. The highest BCUT2D eigenvalue weighted by Crippen LogP contribution is 2.52. The molecule has 6 heteroatoms. The third kappa shape index (κ3) is 3.52. The molecule has 1 aliphatic heterocycles. The van der Waals surface area contributed by atoms with Crippen molar-refractivity contribution in [3.05, 3.63) is 59.4 Å². The van der Waals surface area contributed by atoms with Crippen LogP contribution in [0.4, 0.5) is 0 Å². The van der Waals surface area contributed by atoms with Crippen molar-refractivity contribution < 1.29 is 9.59 Å². The zero-order valence-corrected chi connectivity index (χ0v) is 16.5. The SMILES string of the molecule is O=C(CC1CC2(CCN(C(=O)c3ccnnc3)CC2)c2ccccc21)NC1CC1. The monoisotopic (exact) mass is 390 g/mol. The van der Waals surface area contributed by atoms with Crippen molar-refractivity contribution >= 4 is 11.8 Å². The minimum Gasteiger partial charge on any atom is -0.353 e. The van der Waals surface area contributed by atoms with Crippen LogP contribution in [0.25, 0.3) is 0 Å². The smallest absolute Gasteiger partial charge is 0.255 e. The van der Waals surface area contributed by atoms with Gasteiger partial charge in [-0.05, 0) is 60.6 Å². The normalized spacial score (nSPS) is 22.3. The fourth-order valence-electron chi connectivity index (χ4n) is 5.16. The molecule has 1 saturated carbocycles. The molecule has 1 unspecified atom stereocenters. The second-order valence-electron chi connectivity index (χ2n) is 8.74. The lowest BCUT2D eigenvalue weighted by molar-refractivity contribution is -0.121. The molecule has 1 atom stereocenters. The van der Waals surface area contributed by atoms with Crippen molar-refractivity contribution in [2.75, 3.05) is 13.1 Å². The third-order valence-corrected chi connectivity index (χ3v) is 6.82. The van der Waals surface area contributed by atoms with Crippen LogP contribution in [0.2, 0.25) is 0 Å². The Hall–Kier alpha value is -2.76. The zero-order chi connectivity index (χ0) is 19.8. The summed E-state index contributed by atoms with van der Waals surface area (Å²) in [5, 5.41) is 10.7. The van der Waals surface area contributed by atoms with Gasteiger partial charge in [0.2, 0.25) is 5.91 Å². The first-order valence-corrected chi connectivity index (χ1v) is 10.6. The maximum absolute atomic E-state index is 12.8. The molecule has 0 bridgehead atoms. The quantitative estimate of drug-likeness (QED) is 0.871. The van der Waals surface area contributed by atoms with E-state index in [2.05, 4.69) is 39.8 Å². The molecule has 1 N–H and O–H groups in total. The molecule has 150 valence electrons. The summed E-state index contributed by atoms with van der Waals surface area (Å²) >= 11 is 0. The summed E-state index contributed by atoms with van der Waals surface area (Å²) < 4.78 is 0. The predicted octanol–water partition coefficient (Wildman–Crippen LogP) is 2.81. The zero-order valence-electron chi connectivity index (χ0n) is 16.5. The van der Waals surface area contributed by atoms with Crippen LogP contribution in [0.1, 0.15) is 65.9 Å². The van der Waals surface area contributed by atoms with Crippen LogP contribution in [-0.4, -0.2) is 46.0 Å². The molecular formula is C23H26N4O2. The summed E-state index contributed by atoms with van der Waals surface area (Å²) in [6.45, 7) is 1.47. The Morgan fingerprint density at radius 3 is 2.62 bits per heavy atom. The van der Waals surface area contributed by atoms with Gasteiger partial charge in [-0.25, -0.2) is 0 Å². The highest BCUT2D eigenvalue weighted by Gasteiger charge is 2.46. The van der Waals surface area contributed by atoms with E-state index in [4.69, 9.17) is 0 Å². The number of hydrogen-bond donors (Lipinski definition) is 1. The van der Waals surface area contributed by atoms with Crippen LogP contribution in [0.3, 0.4) is 0 Å². The molecule has 0 radical (unpaired) electrons. The molecule has 5 rings (SSSR count). The number of carbonyl (C=O) groups excluding carboxylic acids is 2. The van der Waals surface area contributed by atoms with Gasteiger partial charge >= 0.3 is 0 Å². The van der Waals surface area contributed by atoms with E-state index in [1.54, 1.807) is 12.3 Å². The average molecular weight is 390 g/mol. The van der Waals surface area contributed by atoms with Crippen LogP contribution in [-0.2, 0) is 10.2 Å². The van der Waals surface area contributed by atoms with Crippen molar-refractivity contribution in [3.63, 3.8) is 0 Å². The fraction of sp³-hybridized carbons (Fsp3) is 0.478. The molecular weight excluding hydrogens is 364 g/mol. The van der Waals surface area contributed by atoms with Crippen LogP contribution in [0.15, 0.2) is 42.7 Å². The molecule has 2 aromatic rings. The van der Waals surface area contributed by atoms with Gasteiger partial charge in [-0.15, -0.1) is 0 Å². The Morgan fingerprint density at radius 2 is 1.90 bits per heavy atom. The average Bonchev–Trinajstić information content (AvgIpc) is 3.53. The highest BCUT2D eigenvalue weighted by molar-refractivity contribution is 5.93. The molecule has 2 amide bonds. The molecule has 29 heavy (non-hydrogen) atoms. The highest BCUT2D eigenvalue weighted by atomic mass is 16.2. The number of hydrogen-bond acceptors (Lipinski definition) is 4. The Labute approximate surface area is 170 Å². The Morgan fingerprint density at radius 1 is 1.10 bits per heavy atom. The van der Waals surface area contributed by atoms with Gasteiger partial charge in [0.25, 0.3) is 5.91 Å². The van der Waals surface area contributed by atoms with Gasteiger partial charge in [-0.1, -0.05) is 24.3 Å². The largest absolute Gasteiger partial charge is 0.353 e. The van der Waals surface area contributed by atoms with Crippen molar-refractivity contribution in [2.24, 2.45) is 0 Å². The van der Waals surface area contributed by atoms with E-state index in [1.165, 1.54) is 17.3 Å². The lowest BCUT2D eigenvalue weighted by Gasteiger charge is -2.40. The Kier molecular flexibility index (Phi) is 4.57. The summed E-state index contributed by atoms with van der Waals surface area (Å²) in [6.07, 6.45) is 8.78. The second kappa shape index (κ2) is 7.25. The minimum atomic E-state index is 0.0291. The van der Waals surface area contributed by atoms with Gasteiger partial charge in [0.05, 0.1) is 18.0 Å². The summed E-state index contributed by atoms with van der Waals surface area (Å²) in [4.78, 5) is 27.2. The summed E-state index contributed by atoms with van der Waals surface area (Å²) in [5.41, 5.74) is 3.39. The van der Waals surface area contributed by atoms with E-state index in [0.717, 1.165) is 45.2 Å². The summed E-state index contributed by atoms with van der Waals surface area (Å²) in [7, 11) is 0. The molecule has 1 spiro atoms. The number of aromatic nitrogens is 2. The number of carbonyl (C=O) groups is 2. The number of nitrogens with zero attached hydrogens (tertiary/aromatic N) is 3. The van der Waals surface area contributed by atoms with Gasteiger partial charge in [0.1, 0.15) is 0 Å². The van der Waals surface area contributed by atoms with Crippen LogP contribution < -0.4 is 5.32 Å². The van der Waals surface area contributed by atoms with Gasteiger partial charge in [0, 0.05) is 25.6 Å². The van der Waals surface area contributed by atoms with Crippen molar-refractivity contribution in [1.29, 1.82) is 0 Å². The number of amides is 2. The second-order valence-corrected chi connectivity index (χ2v) is 8.74. The van der Waals surface area contributed by atoms with E-state index < -0.39 is 0 Å². The molecule has 2 fully saturated rings. The number of piperidine rings is 1. The van der Waals surface area contributed by atoms with E-state index in [-0.39, 0.29) is 23.1 Å². The lowest BCUT2D eigenvalue weighted by Crippen LogP contribution is -2.44. The number of rotatable bonds is 4. The number of fused-ring (bicyclic) bond motifs is 2. The predicted molar refractivity (Wildman–Crippen MR) is 108 cm³/mol. The molecule has 2 aliphatic carbocycles. The van der Waals surface area contributed by atoms with E-state index in [9.17, 15) is 9.59 Å². The topological polar surface area (TPSA) is 75.2 Å². The first-order chi connectivity index (χ1) is 14.1. The van der Waals surface area contributed by atoms with Crippen molar-refractivity contribution in [3.8, 4) is 0 Å². The maximum atomic E-state index is 12.8. The molecule has 1 saturated heterocycles. The standard InChI is InChI=1S/C23H26N4O2/c28-21(26-18-5-6-18)13-17-14-23(20-4-2-1-3-19(17)20)8-11-27(12-9-23)22(29)16-7-10-24-25-15-16/h1-4,7,10,15,17-18H,5-6,8-9,11-14H2,(H,26,28). The molecule has 6 nitrogen and oxygen atoms in total. The lowest BCUT2D eigenvalue weighted by atomic mass is 9.73. The Bertz CT molecular complexity index is 917. The third-order valence-electron chi connectivity index (χ3n) is 6.82. The first-order valence-electron chi connectivity index (χ1n) is 10.6. The van der Waals surface area contributed by atoms with Gasteiger partial charge in [-0.2, -0.15) is 10.2 Å². The van der Waals surface area contributed by atoms with Gasteiger partial charge in [-0.3, -0.25) is 9.59 Å². The number of likely N-dealkylation sites (tertiary alicyclic amines) is 1. The van der Waals surface area contributed by atoms with Crippen LogP contribution >= 0.6 is 0 Å². The van der Waals surface area contributed by atoms with Gasteiger partial charge < -0.3 is 10.2 Å². The van der Waals surface area contributed by atoms with Crippen LogP contribution in [0, 0.1) is 0 Å². The number of benzene rings is 1. The van der Waals surface area contributed by atoms with E-state index >= 15 is 0 Å².